The number of ether oxygens (including phenoxy) is 2. The summed E-state index contributed by atoms with van der Waals surface area (Å²) < 4.78 is 10.8. The van der Waals surface area contributed by atoms with Gasteiger partial charge in [-0.2, -0.15) is 0 Å². The molecule has 0 saturated carbocycles. The smallest absolute Gasteiger partial charge is 0.258 e. The monoisotopic (exact) mass is 259 g/mol. The molecule has 1 aromatic carbocycles. The third kappa shape index (κ3) is 2.37. The summed E-state index contributed by atoms with van der Waals surface area (Å²) in [7, 11) is 0. The number of imide groups is 1. The summed E-state index contributed by atoms with van der Waals surface area (Å²) in [6, 6.07) is 6.87. The largest absolute Gasteiger partial charge is 0.491 e. The Bertz CT molecular complexity index is 513. The second-order valence-corrected chi connectivity index (χ2v) is 4.43. The van der Waals surface area contributed by atoms with Crippen molar-refractivity contribution in [2.45, 2.75) is 12.5 Å². The van der Waals surface area contributed by atoms with Crippen LogP contribution in [0.4, 0.5) is 5.69 Å². The number of hydrogen-bond donors (Lipinski definition) is 0. The van der Waals surface area contributed by atoms with E-state index in [1.165, 1.54) is 12.2 Å². The van der Waals surface area contributed by atoms with E-state index in [1.807, 2.05) is 0 Å². The average molecular weight is 259 g/mol. The van der Waals surface area contributed by atoms with Crippen molar-refractivity contribution < 1.29 is 19.1 Å². The average Bonchev–Trinajstić information content (AvgIpc) is 2.68. The Labute approximate surface area is 110 Å². The van der Waals surface area contributed by atoms with Gasteiger partial charge in [-0.05, 0) is 24.3 Å². The second-order valence-electron chi connectivity index (χ2n) is 4.43. The van der Waals surface area contributed by atoms with Gasteiger partial charge in [-0.25, -0.2) is 4.90 Å². The Hall–Kier alpha value is -2.14. The van der Waals surface area contributed by atoms with Crippen LogP contribution >= 0.6 is 0 Å². The lowest BCUT2D eigenvalue weighted by Gasteiger charge is -2.26. The van der Waals surface area contributed by atoms with Crippen molar-refractivity contribution in [1.82, 2.24) is 0 Å². The van der Waals surface area contributed by atoms with E-state index in [1.54, 1.807) is 24.3 Å². The van der Waals surface area contributed by atoms with Crippen LogP contribution in [-0.2, 0) is 14.3 Å². The molecule has 19 heavy (non-hydrogen) atoms. The Morgan fingerprint density at radius 1 is 1.16 bits per heavy atom. The van der Waals surface area contributed by atoms with Crippen molar-refractivity contribution in [3.63, 3.8) is 0 Å². The summed E-state index contributed by atoms with van der Waals surface area (Å²) in [6.07, 6.45) is 3.74. The van der Waals surface area contributed by atoms with Gasteiger partial charge in [0.25, 0.3) is 11.8 Å². The maximum atomic E-state index is 11.5. The van der Waals surface area contributed by atoms with Crippen LogP contribution in [0.15, 0.2) is 36.4 Å². The van der Waals surface area contributed by atoms with E-state index in [2.05, 4.69) is 0 Å². The second kappa shape index (κ2) is 4.85. The van der Waals surface area contributed by atoms with Gasteiger partial charge < -0.3 is 9.47 Å². The molecule has 1 saturated heterocycles. The molecule has 0 N–H and O–H groups in total. The molecule has 0 radical (unpaired) electrons. The molecule has 2 aliphatic heterocycles. The lowest BCUT2D eigenvalue weighted by atomic mass is 10.2. The van der Waals surface area contributed by atoms with Gasteiger partial charge in [0.1, 0.15) is 12.4 Å². The maximum Gasteiger partial charge on any atom is 0.258 e. The Kier molecular flexibility index (Phi) is 3.05. The minimum absolute atomic E-state index is 0.186. The molecule has 5 nitrogen and oxygen atoms in total. The molecule has 1 fully saturated rings. The molecular weight excluding hydrogens is 246 g/mol. The van der Waals surface area contributed by atoms with Crippen molar-refractivity contribution in [3.8, 4) is 5.75 Å². The van der Waals surface area contributed by atoms with Gasteiger partial charge in [-0.1, -0.05) is 0 Å². The van der Waals surface area contributed by atoms with Crippen LogP contribution in [0.2, 0.25) is 0 Å². The van der Waals surface area contributed by atoms with E-state index < -0.39 is 0 Å². The van der Waals surface area contributed by atoms with Gasteiger partial charge in [0, 0.05) is 25.2 Å². The molecule has 2 aliphatic rings. The van der Waals surface area contributed by atoms with Crippen molar-refractivity contribution >= 4 is 17.5 Å². The summed E-state index contributed by atoms with van der Waals surface area (Å²) in [5.74, 6) is 0.0642. The lowest BCUT2D eigenvalue weighted by molar-refractivity contribution is -0.119. The minimum atomic E-state index is -0.318. The normalized spacial score (nSPS) is 21.7. The number of amides is 2. The van der Waals surface area contributed by atoms with Gasteiger partial charge in [0.15, 0.2) is 0 Å². The quantitative estimate of drug-likeness (QED) is 0.764. The van der Waals surface area contributed by atoms with E-state index in [0.717, 1.165) is 17.9 Å². The molecule has 0 spiro atoms. The first-order chi connectivity index (χ1) is 9.24. The van der Waals surface area contributed by atoms with Gasteiger partial charge in [0.05, 0.1) is 11.8 Å². The molecule has 2 heterocycles. The van der Waals surface area contributed by atoms with Gasteiger partial charge in [-0.3, -0.25) is 9.59 Å². The highest BCUT2D eigenvalue weighted by molar-refractivity contribution is 6.28. The molecule has 1 unspecified atom stereocenters. The number of nitrogens with zero attached hydrogens (tertiary/aromatic N) is 1. The molecule has 1 aromatic rings. The highest BCUT2D eigenvalue weighted by Crippen LogP contribution is 2.23. The van der Waals surface area contributed by atoms with E-state index in [4.69, 9.17) is 9.47 Å². The fraction of sp³-hybridized carbons (Fsp3) is 0.286. The number of carbonyl (C=O) groups is 2. The minimum Gasteiger partial charge on any atom is -0.491 e. The van der Waals surface area contributed by atoms with Gasteiger partial charge in [0.2, 0.25) is 0 Å². The predicted molar refractivity (Wildman–Crippen MR) is 67.9 cm³/mol. The summed E-state index contributed by atoms with van der Waals surface area (Å²) in [5, 5.41) is 0. The number of anilines is 1. The zero-order valence-electron chi connectivity index (χ0n) is 10.2. The fourth-order valence-corrected chi connectivity index (χ4v) is 1.95. The molecule has 0 aliphatic carbocycles. The van der Waals surface area contributed by atoms with Crippen LogP contribution < -0.4 is 9.64 Å². The van der Waals surface area contributed by atoms with Crippen molar-refractivity contribution in [2.24, 2.45) is 0 Å². The van der Waals surface area contributed by atoms with Crippen LogP contribution in [0, 0.1) is 0 Å². The topological polar surface area (TPSA) is 55.8 Å². The molecule has 98 valence electrons. The van der Waals surface area contributed by atoms with Gasteiger partial charge >= 0.3 is 0 Å². The van der Waals surface area contributed by atoms with Crippen LogP contribution in [0.3, 0.4) is 0 Å². The molecule has 2 amide bonds. The van der Waals surface area contributed by atoms with E-state index in [-0.39, 0.29) is 17.9 Å². The van der Waals surface area contributed by atoms with Crippen LogP contribution in [0.1, 0.15) is 6.42 Å². The molecule has 1 atom stereocenters. The first-order valence-corrected chi connectivity index (χ1v) is 6.14. The molecule has 5 heteroatoms. The zero-order valence-corrected chi connectivity index (χ0v) is 10.2. The molecule has 0 aromatic heterocycles. The number of hydrogen-bond acceptors (Lipinski definition) is 4. The van der Waals surface area contributed by atoms with Crippen LogP contribution in [0.5, 0.6) is 5.75 Å². The Morgan fingerprint density at radius 3 is 2.32 bits per heavy atom. The first-order valence-electron chi connectivity index (χ1n) is 6.14. The predicted octanol–water partition coefficient (Wildman–Crippen LogP) is 1.28. The van der Waals surface area contributed by atoms with Gasteiger partial charge in [-0.15, -0.1) is 0 Å². The van der Waals surface area contributed by atoms with Crippen molar-refractivity contribution in [1.29, 1.82) is 0 Å². The SMILES string of the molecule is O=C1C=CC(=O)N1c1ccc(OCC2CCO2)cc1. The van der Waals surface area contributed by atoms with Crippen molar-refractivity contribution in [3.05, 3.63) is 36.4 Å². The maximum absolute atomic E-state index is 11.5. The summed E-state index contributed by atoms with van der Waals surface area (Å²) >= 11 is 0. The summed E-state index contributed by atoms with van der Waals surface area (Å²) in [6.45, 7) is 1.33. The summed E-state index contributed by atoms with van der Waals surface area (Å²) in [4.78, 5) is 24.1. The van der Waals surface area contributed by atoms with E-state index in [9.17, 15) is 9.59 Å². The highest BCUT2D eigenvalue weighted by Gasteiger charge is 2.25. The van der Waals surface area contributed by atoms with E-state index >= 15 is 0 Å². The number of carbonyl (C=O) groups excluding carboxylic acids is 2. The third-order valence-corrected chi connectivity index (χ3v) is 3.13. The molecule has 0 bridgehead atoms. The standard InChI is InChI=1S/C14H13NO4/c16-13-5-6-14(17)15(13)10-1-3-11(4-2-10)19-9-12-7-8-18-12/h1-6,12H,7-9H2. The fourth-order valence-electron chi connectivity index (χ4n) is 1.95. The Morgan fingerprint density at radius 2 is 1.79 bits per heavy atom. The number of rotatable bonds is 4. The number of benzene rings is 1. The van der Waals surface area contributed by atoms with E-state index in [0.29, 0.717) is 18.0 Å². The van der Waals surface area contributed by atoms with Crippen LogP contribution in [-0.4, -0.2) is 31.1 Å². The molecular formula is C14H13NO4. The van der Waals surface area contributed by atoms with Crippen molar-refractivity contribution in [2.75, 3.05) is 18.1 Å². The first kappa shape index (κ1) is 11.9. The Balaban J connectivity index is 1.65. The zero-order chi connectivity index (χ0) is 13.2. The molecule has 3 rings (SSSR count). The summed E-state index contributed by atoms with van der Waals surface area (Å²) in [5.41, 5.74) is 0.548. The third-order valence-electron chi connectivity index (χ3n) is 3.13. The lowest BCUT2D eigenvalue weighted by Crippen LogP contribution is -2.32. The highest BCUT2D eigenvalue weighted by atomic mass is 16.5. The van der Waals surface area contributed by atoms with Crippen LogP contribution in [0.25, 0.3) is 0 Å².